The van der Waals surface area contributed by atoms with Gasteiger partial charge in [0.15, 0.2) is 0 Å². The average molecular weight is 228 g/mol. The lowest BCUT2D eigenvalue weighted by Gasteiger charge is -2.30. The van der Waals surface area contributed by atoms with Crippen molar-refractivity contribution in [1.82, 2.24) is 10.2 Å². The minimum Gasteiger partial charge on any atom is -0.380 e. The van der Waals surface area contributed by atoms with Crippen molar-refractivity contribution in [1.29, 1.82) is 0 Å². The molecule has 1 fully saturated rings. The average Bonchev–Trinajstić information content (AvgIpc) is 2.29. The van der Waals surface area contributed by atoms with Gasteiger partial charge in [-0.15, -0.1) is 0 Å². The molecule has 1 heterocycles. The quantitative estimate of drug-likeness (QED) is 0.710. The fourth-order valence-corrected chi connectivity index (χ4v) is 1.98. The number of ether oxygens (including phenoxy) is 1. The van der Waals surface area contributed by atoms with E-state index in [4.69, 9.17) is 4.74 Å². The Kier molecular flexibility index (Phi) is 5.77. The lowest BCUT2D eigenvalue weighted by atomic mass is 9.94. The summed E-state index contributed by atoms with van der Waals surface area (Å²) in [7, 11) is 1.86. The van der Waals surface area contributed by atoms with Crippen LogP contribution in [0.1, 0.15) is 26.7 Å². The molecule has 1 rings (SSSR count). The van der Waals surface area contributed by atoms with E-state index in [9.17, 15) is 4.79 Å². The highest BCUT2D eigenvalue weighted by Gasteiger charge is 2.25. The van der Waals surface area contributed by atoms with Crippen LogP contribution in [0, 0.1) is 5.92 Å². The summed E-state index contributed by atoms with van der Waals surface area (Å²) >= 11 is 0. The Balaban J connectivity index is 2.27. The van der Waals surface area contributed by atoms with Crippen molar-refractivity contribution >= 4 is 5.91 Å². The van der Waals surface area contributed by atoms with Gasteiger partial charge in [-0.2, -0.15) is 0 Å². The first-order valence-corrected chi connectivity index (χ1v) is 6.21. The summed E-state index contributed by atoms with van der Waals surface area (Å²) in [5.74, 6) is 0.405. The fourth-order valence-electron chi connectivity index (χ4n) is 1.98. The molecule has 2 atom stereocenters. The van der Waals surface area contributed by atoms with Gasteiger partial charge >= 0.3 is 0 Å². The molecule has 1 saturated heterocycles. The van der Waals surface area contributed by atoms with Crippen molar-refractivity contribution in [2.75, 3.05) is 33.4 Å². The highest BCUT2D eigenvalue weighted by molar-refractivity contribution is 5.78. The number of likely N-dealkylation sites (N-methyl/N-ethyl adjacent to an activating group) is 1. The van der Waals surface area contributed by atoms with Gasteiger partial charge in [-0.25, -0.2) is 0 Å². The van der Waals surface area contributed by atoms with E-state index in [1.807, 2.05) is 14.0 Å². The highest BCUT2D eigenvalue weighted by Crippen LogP contribution is 2.15. The van der Waals surface area contributed by atoms with Gasteiger partial charge in [0.2, 0.25) is 5.91 Å². The molecule has 0 bridgehead atoms. The van der Waals surface area contributed by atoms with Gasteiger partial charge in [0.25, 0.3) is 0 Å². The van der Waals surface area contributed by atoms with Crippen molar-refractivity contribution < 1.29 is 9.53 Å². The molecule has 4 nitrogen and oxygen atoms in total. The summed E-state index contributed by atoms with van der Waals surface area (Å²) in [6, 6.07) is 0.554. The third kappa shape index (κ3) is 4.10. The first-order chi connectivity index (χ1) is 7.65. The molecule has 2 unspecified atom stereocenters. The van der Waals surface area contributed by atoms with Crippen LogP contribution >= 0.6 is 0 Å². The molecule has 1 N–H and O–H groups in total. The molecule has 0 spiro atoms. The van der Waals surface area contributed by atoms with Crippen LogP contribution in [-0.2, 0) is 9.53 Å². The Morgan fingerprint density at radius 2 is 2.25 bits per heavy atom. The molecule has 16 heavy (non-hydrogen) atoms. The molecule has 0 aromatic carbocycles. The topological polar surface area (TPSA) is 41.6 Å². The third-order valence-corrected chi connectivity index (χ3v) is 3.16. The Hall–Kier alpha value is -0.610. The van der Waals surface area contributed by atoms with E-state index >= 15 is 0 Å². The van der Waals surface area contributed by atoms with Crippen molar-refractivity contribution in [3.05, 3.63) is 0 Å². The van der Waals surface area contributed by atoms with Gasteiger partial charge in [-0.3, -0.25) is 4.79 Å². The molecule has 0 aliphatic carbocycles. The zero-order valence-electron chi connectivity index (χ0n) is 10.7. The van der Waals surface area contributed by atoms with Crippen molar-refractivity contribution in [2.45, 2.75) is 32.7 Å². The van der Waals surface area contributed by atoms with Crippen LogP contribution in [0.5, 0.6) is 0 Å². The first-order valence-electron chi connectivity index (χ1n) is 6.21. The second kappa shape index (κ2) is 6.86. The van der Waals surface area contributed by atoms with Crippen LogP contribution in [0.2, 0.25) is 0 Å². The minimum absolute atomic E-state index is 0.155. The number of hydrogen-bond donors (Lipinski definition) is 1. The number of carbonyl (C=O) groups is 1. The SMILES string of the molecule is CCOCCN(C)C(=O)C1CCC(C)NC1. The predicted molar refractivity (Wildman–Crippen MR) is 64.3 cm³/mol. The monoisotopic (exact) mass is 228 g/mol. The van der Waals surface area contributed by atoms with Gasteiger partial charge in [0, 0.05) is 32.8 Å². The molecule has 0 radical (unpaired) electrons. The third-order valence-electron chi connectivity index (χ3n) is 3.16. The maximum absolute atomic E-state index is 12.0. The number of hydrogen-bond acceptors (Lipinski definition) is 3. The number of nitrogens with one attached hydrogen (secondary N) is 1. The zero-order chi connectivity index (χ0) is 12.0. The summed E-state index contributed by atoms with van der Waals surface area (Å²) in [5, 5.41) is 3.36. The normalized spacial score (nSPS) is 25.4. The van der Waals surface area contributed by atoms with E-state index in [2.05, 4.69) is 12.2 Å². The van der Waals surface area contributed by atoms with Gasteiger partial charge in [0.1, 0.15) is 0 Å². The van der Waals surface area contributed by atoms with Gasteiger partial charge in [-0.05, 0) is 26.7 Å². The fraction of sp³-hybridized carbons (Fsp3) is 0.917. The molecule has 0 aromatic heterocycles. The van der Waals surface area contributed by atoms with Crippen LogP contribution in [0.25, 0.3) is 0 Å². The maximum atomic E-state index is 12.0. The zero-order valence-corrected chi connectivity index (χ0v) is 10.7. The molecule has 0 aromatic rings. The predicted octanol–water partition coefficient (Wildman–Crippen LogP) is 0.869. The van der Waals surface area contributed by atoms with Crippen LogP contribution in [0.4, 0.5) is 0 Å². The van der Waals surface area contributed by atoms with Gasteiger partial charge < -0.3 is 15.0 Å². The largest absolute Gasteiger partial charge is 0.380 e. The van der Waals surface area contributed by atoms with E-state index in [0.29, 0.717) is 25.8 Å². The number of carbonyl (C=O) groups excluding carboxylic acids is 1. The van der Waals surface area contributed by atoms with E-state index in [1.165, 1.54) is 0 Å². The molecule has 4 heteroatoms. The van der Waals surface area contributed by atoms with Crippen molar-refractivity contribution in [3.8, 4) is 0 Å². The summed E-state index contributed by atoms with van der Waals surface area (Å²) < 4.78 is 5.25. The van der Waals surface area contributed by atoms with Crippen molar-refractivity contribution in [2.24, 2.45) is 5.92 Å². The number of piperidine rings is 1. The lowest BCUT2D eigenvalue weighted by molar-refractivity contribution is -0.135. The molecular formula is C12H24N2O2. The Morgan fingerprint density at radius 3 is 2.81 bits per heavy atom. The second-order valence-corrected chi connectivity index (χ2v) is 4.54. The van der Waals surface area contributed by atoms with E-state index in [1.54, 1.807) is 4.90 Å². The minimum atomic E-state index is 0.155. The molecule has 1 amide bonds. The number of amides is 1. The molecule has 1 aliphatic rings. The summed E-state index contributed by atoms with van der Waals surface area (Å²) in [4.78, 5) is 13.8. The Bertz CT molecular complexity index is 213. The van der Waals surface area contributed by atoms with Crippen LogP contribution in [0.15, 0.2) is 0 Å². The second-order valence-electron chi connectivity index (χ2n) is 4.54. The molecule has 94 valence electrons. The van der Waals surface area contributed by atoms with Gasteiger partial charge in [0.05, 0.1) is 12.5 Å². The van der Waals surface area contributed by atoms with E-state index in [-0.39, 0.29) is 11.8 Å². The van der Waals surface area contributed by atoms with E-state index < -0.39 is 0 Å². The van der Waals surface area contributed by atoms with Crippen LogP contribution < -0.4 is 5.32 Å². The standard InChI is InChI=1S/C12H24N2O2/c1-4-16-8-7-14(3)12(15)11-6-5-10(2)13-9-11/h10-11,13H,4-9H2,1-3H3. The number of nitrogens with zero attached hydrogens (tertiary/aromatic N) is 1. The Morgan fingerprint density at radius 1 is 1.50 bits per heavy atom. The van der Waals surface area contributed by atoms with Gasteiger partial charge in [-0.1, -0.05) is 0 Å². The maximum Gasteiger partial charge on any atom is 0.226 e. The van der Waals surface area contributed by atoms with Crippen molar-refractivity contribution in [3.63, 3.8) is 0 Å². The van der Waals surface area contributed by atoms with Crippen LogP contribution in [-0.4, -0.2) is 50.2 Å². The molecular weight excluding hydrogens is 204 g/mol. The first kappa shape index (κ1) is 13.5. The highest BCUT2D eigenvalue weighted by atomic mass is 16.5. The molecule has 1 aliphatic heterocycles. The summed E-state index contributed by atoms with van der Waals surface area (Å²) in [6.07, 6.45) is 2.10. The van der Waals surface area contributed by atoms with Crippen LogP contribution in [0.3, 0.4) is 0 Å². The Labute approximate surface area is 98.3 Å². The lowest BCUT2D eigenvalue weighted by Crippen LogP contribution is -2.45. The number of rotatable bonds is 5. The summed E-state index contributed by atoms with van der Waals surface area (Å²) in [6.45, 7) is 6.99. The molecule has 0 saturated carbocycles. The smallest absolute Gasteiger partial charge is 0.226 e. The van der Waals surface area contributed by atoms with E-state index in [0.717, 1.165) is 19.4 Å². The summed E-state index contributed by atoms with van der Waals surface area (Å²) in [5.41, 5.74) is 0.